The summed E-state index contributed by atoms with van der Waals surface area (Å²) in [5, 5.41) is 6.48. The predicted octanol–water partition coefficient (Wildman–Crippen LogP) is 4.37. The van der Waals surface area contributed by atoms with Crippen LogP contribution in [0.15, 0.2) is 41.3 Å². The Kier molecular flexibility index (Phi) is 6.61. The third kappa shape index (κ3) is 4.77. The molecule has 0 aliphatic heterocycles. The summed E-state index contributed by atoms with van der Waals surface area (Å²) in [5.74, 6) is -1.88. The molecule has 0 saturated heterocycles. The third-order valence-electron chi connectivity index (χ3n) is 3.93. The molecule has 1 N–H and O–H groups in total. The van der Waals surface area contributed by atoms with E-state index in [1.54, 1.807) is 0 Å². The van der Waals surface area contributed by atoms with Crippen LogP contribution in [0.3, 0.4) is 0 Å². The molecule has 3 aromatic rings. The van der Waals surface area contributed by atoms with E-state index in [1.165, 1.54) is 22.9 Å². The minimum Gasteiger partial charge on any atom is -0.495 e. The normalized spacial score (nSPS) is 12.0. The molecule has 0 fully saturated rings. The number of benzene rings is 2. The zero-order chi connectivity index (χ0) is 23.8. The molecule has 1 aromatic heterocycles. The number of aromatic nitrogens is 3. The van der Waals surface area contributed by atoms with E-state index in [1.807, 2.05) is 0 Å². The van der Waals surface area contributed by atoms with Gasteiger partial charge in [0.25, 0.3) is 15.9 Å². The van der Waals surface area contributed by atoms with Gasteiger partial charge in [0.15, 0.2) is 11.4 Å². The molecule has 170 valence electrons. The fraction of sp³-hybridized carbons (Fsp3) is 0.118. The number of alkyl halides is 3. The second kappa shape index (κ2) is 8.77. The van der Waals surface area contributed by atoms with Crippen molar-refractivity contribution in [3.63, 3.8) is 0 Å². The van der Waals surface area contributed by atoms with Gasteiger partial charge in [0.1, 0.15) is 10.6 Å². The molecule has 0 aliphatic rings. The molecule has 0 radical (unpaired) electrons. The molecule has 1 amide bonds. The maximum Gasteiger partial charge on any atom is 0.435 e. The number of hydrogen-bond donors (Lipinski definition) is 1. The number of sulfonamides is 1. The first-order valence-corrected chi connectivity index (χ1v) is 10.9. The van der Waals surface area contributed by atoms with E-state index in [0.717, 1.165) is 25.3 Å². The van der Waals surface area contributed by atoms with Crippen molar-refractivity contribution >= 4 is 50.7 Å². The molecule has 15 heteroatoms. The van der Waals surface area contributed by atoms with Gasteiger partial charge in [-0.25, -0.2) is 17.8 Å². The molecule has 2 aromatic carbocycles. The fourth-order valence-corrected chi connectivity index (χ4v) is 4.47. The molecule has 1 heterocycles. The highest BCUT2D eigenvalue weighted by atomic mass is 35.5. The maximum absolute atomic E-state index is 13.8. The summed E-state index contributed by atoms with van der Waals surface area (Å²) in [6, 6.07) is 7.04. The first-order chi connectivity index (χ1) is 14.8. The number of nitrogens with one attached hydrogen (secondary N) is 1. The van der Waals surface area contributed by atoms with Crippen molar-refractivity contribution in [2.75, 3.05) is 7.11 Å². The summed E-state index contributed by atoms with van der Waals surface area (Å²) < 4.78 is 73.3. The average Bonchev–Trinajstić information content (AvgIpc) is 3.13. The Morgan fingerprint density at radius 2 is 1.72 bits per heavy atom. The topological polar surface area (TPSA) is 103 Å². The van der Waals surface area contributed by atoms with Crippen LogP contribution in [0.4, 0.5) is 13.2 Å². The number of carbonyl (C=O) groups is 1. The fourth-order valence-electron chi connectivity index (χ4n) is 2.60. The summed E-state index contributed by atoms with van der Waals surface area (Å²) in [7, 11) is -3.54. The molecule has 3 rings (SSSR count). The first kappa shape index (κ1) is 24.1. The highest BCUT2D eigenvalue weighted by molar-refractivity contribution is 7.90. The Morgan fingerprint density at radius 3 is 2.31 bits per heavy atom. The van der Waals surface area contributed by atoms with Gasteiger partial charge < -0.3 is 4.74 Å². The van der Waals surface area contributed by atoms with Crippen LogP contribution in [0.2, 0.25) is 15.1 Å². The van der Waals surface area contributed by atoms with E-state index in [-0.39, 0.29) is 31.2 Å². The summed E-state index contributed by atoms with van der Waals surface area (Å²) in [5.41, 5.74) is -3.23. The second-order valence-electron chi connectivity index (χ2n) is 6.02. The number of ether oxygens (including phenoxy) is 1. The molecule has 0 aliphatic carbocycles. The summed E-state index contributed by atoms with van der Waals surface area (Å²) in [6.07, 6.45) is -5.16. The van der Waals surface area contributed by atoms with Crippen molar-refractivity contribution in [2.45, 2.75) is 11.1 Å². The summed E-state index contributed by atoms with van der Waals surface area (Å²) >= 11 is 17.5. The van der Waals surface area contributed by atoms with Crippen molar-refractivity contribution in [1.29, 1.82) is 0 Å². The minimum atomic E-state index is -5.16. The maximum atomic E-state index is 13.8. The number of rotatable bonds is 5. The van der Waals surface area contributed by atoms with Crippen LogP contribution in [0.1, 0.15) is 16.2 Å². The van der Waals surface area contributed by atoms with Gasteiger partial charge in [-0.05, 0) is 36.4 Å². The number of halogens is 6. The van der Waals surface area contributed by atoms with Gasteiger partial charge in [0, 0.05) is 10.0 Å². The zero-order valence-corrected chi connectivity index (χ0v) is 18.7. The predicted molar refractivity (Wildman–Crippen MR) is 109 cm³/mol. The SMILES string of the molecule is COc1ccc(Cl)cc1S(=O)(=O)NC(=O)c1nnn(-c2ccc(Cl)cc2Cl)c1C(F)(F)F. The lowest BCUT2D eigenvalue weighted by Crippen LogP contribution is -2.33. The molecule has 32 heavy (non-hydrogen) atoms. The second-order valence-corrected chi connectivity index (χ2v) is 8.95. The molecular formula is C17H10Cl3F3N4O4S. The number of carbonyl (C=O) groups excluding carboxylic acids is 1. The summed E-state index contributed by atoms with van der Waals surface area (Å²) in [6.45, 7) is 0. The Hall–Kier alpha value is -2.54. The van der Waals surface area contributed by atoms with E-state index < -0.39 is 38.4 Å². The van der Waals surface area contributed by atoms with Gasteiger partial charge in [-0.1, -0.05) is 40.0 Å². The van der Waals surface area contributed by atoms with Gasteiger partial charge in [0.05, 0.1) is 17.8 Å². The largest absolute Gasteiger partial charge is 0.495 e. The van der Waals surface area contributed by atoms with Crippen LogP contribution in [0.25, 0.3) is 5.69 Å². The molecule has 0 bridgehead atoms. The quantitative estimate of drug-likeness (QED) is 0.526. The van der Waals surface area contributed by atoms with Crippen LogP contribution in [-0.2, 0) is 16.2 Å². The standard InChI is InChI=1S/C17H10Cl3F3N4O4S/c1-31-12-5-3-9(19)7-13(12)32(29,30)25-16(28)14-15(17(21,22)23)27(26-24-14)11-4-2-8(18)6-10(11)20/h2-7H,1H3,(H,25,28). The molecule has 0 spiro atoms. The van der Waals surface area contributed by atoms with Crippen molar-refractivity contribution in [3.05, 3.63) is 62.9 Å². The van der Waals surface area contributed by atoms with Crippen LogP contribution >= 0.6 is 34.8 Å². The van der Waals surface area contributed by atoms with Gasteiger partial charge in [0.2, 0.25) is 0 Å². The molecular weight excluding hydrogens is 520 g/mol. The Labute approximate surface area is 193 Å². The van der Waals surface area contributed by atoms with Gasteiger partial charge in [-0.2, -0.15) is 13.2 Å². The Bertz CT molecular complexity index is 1310. The number of methoxy groups -OCH3 is 1. The van der Waals surface area contributed by atoms with Gasteiger partial charge in [-0.15, -0.1) is 5.10 Å². The van der Waals surface area contributed by atoms with Crippen LogP contribution < -0.4 is 9.46 Å². The lowest BCUT2D eigenvalue weighted by molar-refractivity contribution is -0.143. The minimum absolute atomic E-state index is 0.0158. The van der Waals surface area contributed by atoms with Crippen molar-refractivity contribution in [1.82, 2.24) is 19.7 Å². The van der Waals surface area contributed by atoms with E-state index in [4.69, 9.17) is 39.5 Å². The Morgan fingerprint density at radius 1 is 1.09 bits per heavy atom. The van der Waals surface area contributed by atoms with E-state index >= 15 is 0 Å². The summed E-state index contributed by atoms with van der Waals surface area (Å²) in [4.78, 5) is 12.0. The van der Waals surface area contributed by atoms with Gasteiger partial charge in [-0.3, -0.25) is 4.79 Å². The molecule has 0 atom stereocenters. The zero-order valence-electron chi connectivity index (χ0n) is 15.6. The highest BCUT2D eigenvalue weighted by Crippen LogP contribution is 2.35. The van der Waals surface area contributed by atoms with E-state index in [0.29, 0.717) is 0 Å². The van der Waals surface area contributed by atoms with Gasteiger partial charge >= 0.3 is 6.18 Å². The third-order valence-corrected chi connectivity index (χ3v) is 6.06. The van der Waals surface area contributed by atoms with E-state index in [2.05, 4.69) is 10.3 Å². The van der Waals surface area contributed by atoms with Crippen LogP contribution in [-0.4, -0.2) is 36.4 Å². The Balaban J connectivity index is 2.08. The van der Waals surface area contributed by atoms with Crippen molar-refractivity contribution in [2.24, 2.45) is 0 Å². The van der Waals surface area contributed by atoms with Crippen LogP contribution in [0.5, 0.6) is 5.75 Å². The number of hydrogen-bond acceptors (Lipinski definition) is 6. The van der Waals surface area contributed by atoms with Crippen LogP contribution in [0, 0.1) is 0 Å². The first-order valence-electron chi connectivity index (χ1n) is 8.24. The van der Waals surface area contributed by atoms with E-state index in [9.17, 15) is 26.4 Å². The molecule has 8 nitrogen and oxygen atoms in total. The van der Waals surface area contributed by atoms with Crippen molar-refractivity contribution in [3.8, 4) is 11.4 Å². The van der Waals surface area contributed by atoms with Crippen molar-refractivity contribution < 1.29 is 31.1 Å². The number of amides is 1. The highest BCUT2D eigenvalue weighted by Gasteiger charge is 2.43. The lowest BCUT2D eigenvalue weighted by atomic mass is 10.2. The molecule has 0 saturated carbocycles. The average molecular weight is 530 g/mol. The monoisotopic (exact) mass is 528 g/mol. The smallest absolute Gasteiger partial charge is 0.435 e. The molecule has 0 unspecified atom stereocenters. The number of nitrogens with zero attached hydrogens (tertiary/aromatic N) is 3. The lowest BCUT2D eigenvalue weighted by Gasteiger charge is -2.13.